The van der Waals surface area contributed by atoms with Crippen molar-refractivity contribution < 1.29 is 14.3 Å². The number of hydrogen-bond donors (Lipinski definition) is 1. The van der Waals surface area contributed by atoms with Crippen LogP contribution in [0.2, 0.25) is 0 Å². The summed E-state index contributed by atoms with van der Waals surface area (Å²) < 4.78 is 10.1. The van der Waals surface area contributed by atoms with Crippen LogP contribution >= 0.6 is 0 Å². The molecule has 1 aromatic rings. The summed E-state index contributed by atoms with van der Waals surface area (Å²) in [6.07, 6.45) is 2.65. The third kappa shape index (κ3) is 6.20. The van der Waals surface area contributed by atoms with E-state index in [1.54, 1.807) is 18.3 Å². The summed E-state index contributed by atoms with van der Waals surface area (Å²) in [7, 11) is 1.34. The first-order valence-corrected chi connectivity index (χ1v) is 6.49. The van der Waals surface area contributed by atoms with Gasteiger partial charge in [-0.1, -0.05) is 13.8 Å². The normalized spacial score (nSPS) is 10.5. The first kappa shape index (κ1) is 15.4. The van der Waals surface area contributed by atoms with Crippen LogP contribution in [0.3, 0.4) is 0 Å². The van der Waals surface area contributed by atoms with Crippen molar-refractivity contribution >= 4 is 11.7 Å². The first-order chi connectivity index (χ1) is 9.13. The molecule has 0 saturated heterocycles. The Kier molecular flexibility index (Phi) is 6.89. The summed E-state index contributed by atoms with van der Waals surface area (Å²) in [4.78, 5) is 15.2. The third-order valence-electron chi connectivity index (χ3n) is 2.57. The van der Waals surface area contributed by atoms with Crippen molar-refractivity contribution in [2.24, 2.45) is 5.92 Å². The minimum Gasteiger partial charge on any atom is -0.464 e. The number of rotatable bonds is 8. The number of carbonyl (C=O) groups is 1. The average molecular weight is 266 g/mol. The van der Waals surface area contributed by atoms with Gasteiger partial charge in [-0.05, 0) is 24.5 Å². The minimum atomic E-state index is -0.433. The number of anilines is 1. The molecule has 1 N–H and O–H groups in total. The molecule has 0 unspecified atom stereocenters. The molecule has 0 aliphatic heterocycles. The molecular formula is C14H22N2O3. The number of carbonyl (C=O) groups excluding carboxylic acids is 1. The number of aromatic nitrogens is 1. The van der Waals surface area contributed by atoms with Gasteiger partial charge in [0.15, 0.2) is 0 Å². The van der Waals surface area contributed by atoms with Crippen molar-refractivity contribution in [2.45, 2.75) is 20.3 Å². The molecule has 0 bridgehead atoms. The Morgan fingerprint density at radius 1 is 1.42 bits per heavy atom. The third-order valence-corrected chi connectivity index (χ3v) is 2.57. The molecule has 0 spiro atoms. The van der Waals surface area contributed by atoms with Crippen LogP contribution in [-0.4, -0.2) is 37.8 Å². The van der Waals surface area contributed by atoms with Crippen LogP contribution in [0.1, 0.15) is 30.8 Å². The Bertz CT molecular complexity index is 394. The van der Waals surface area contributed by atoms with Gasteiger partial charge in [-0.3, -0.25) is 0 Å². The lowest BCUT2D eigenvalue weighted by molar-refractivity contribution is 0.0594. The molecule has 1 rings (SSSR count). The molecule has 19 heavy (non-hydrogen) atoms. The van der Waals surface area contributed by atoms with Crippen molar-refractivity contribution in [1.82, 2.24) is 4.98 Å². The Morgan fingerprint density at radius 2 is 2.21 bits per heavy atom. The van der Waals surface area contributed by atoms with Crippen LogP contribution in [0, 0.1) is 5.92 Å². The maximum atomic E-state index is 11.3. The lowest BCUT2D eigenvalue weighted by Crippen LogP contribution is -2.12. The van der Waals surface area contributed by atoms with Crippen LogP contribution in [0.15, 0.2) is 18.3 Å². The van der Waals surface area contributed by atoms with Gasteiger partial charge >= 0.3 is 5.97 Å². The largest absolute Gasteiger partial charge is 0.464 e. The Labute approximate surface area is 114 Å². The Hall–Kier alpha value is -1.62. The maximum Gasteiger partial charge on any atom is 0.356 e. The molecule has 0 aromatic carbocycles. The van der Waals surface area contributed by atoms with Crippen LogP contribution in [0.5, 0.6) is 0 Å². The molecule has 0 radical (unpaired) electrons. The van der Waals surface area contributed by atoms with Gasteiger partial charge in [-0.15, -0.1) is 0 Å². The topological polar surface area (TPSA) is 60.5 Å². The number of pyridine rings is 1. The van der Waals surface area contributed by atoms with E-state index in [1.807, 2.05) is 0 Å². The Balaban J connectivity index is 2.27. The number of nitrogens with zero attached hydrogens (tertiary/aromatic N) is 1. The van der Waals surface area contributed by atoms with Gasteiger partial charge in [0.1, 0.15) is 5.69 Å². The molecule has 0 fully saturated rings. The molecule has 0 saturated carbocycles. The minimum absolute atomic E-state index is 0.299. The highest BCUT2D eigenvalue weighted by molar-refractivity contribution is 5.88. The standard InChI is InChI=1S/C14H22N2O3/c1-11(2)5-8-19-9-7-15-12-4-6-16-13(10-12)14(17)18-3/h4,6,10-11H,5,7-9H2,1-3H3,(H,15,16). The van der Waals surface area contributed by atoms with E-state index in [9.17, 15) is 4.79 Å². The van der Waals surface area contributed by atoms with E-state index in [2.05, 4.69) is 28.9 Å². The highest BCUT2D eigenvalue weighted by atomic mass is 16.5. The second-order valence-corrected chi connectivity index (χ2v) is 4.64. The lowest BCUT2D eigenvalue weighted by Gasteiger charge is -2.09. The van der Waals surface area contributed by atoms with Crippen LogP contribution in [0.25, 0.3) is 0 Å². The van der Waals surface area contributed by atoms with Crippen LogP contribution < -0.4 is 5.32 Å². The predicted molar refractivity (Wildman–Crippen MR) is 74.3 cm³/mol. The van der Waals surface area contributed by atoms with Gasteiger partial charge in [-0.2, -0.15) is 0 Å². The zero-order chi connectivity index (χ0) is 14.1. The van der Waals surface area contributed by atoms with Gasteiger partial charge in [0.2, 0.25) is 0 Å². The van der Waals surface area contributed by atoms with E-state index in [4.69, 9.17) is 4.74 Å². The number of esters is 1. The molecule has 5 nitrogen and oxygen atoms in total. The lowest BCUT2D eigenvalue weighted by atomic mass is 10.1. The highest BCUT2D eigenvalue weighted by Gasteiger charge is 2.06. The van der Waals surface area contributed by atoms with E-state index in [0.717, 1.165) is 18.7 Å². The molecule has 0 aliphatic carbocycles. The van der Waals surface area contributed by atoms with Gasteiger partial charge in [-0.25, -0.2) is 9.78 Å². The summed E-state index contributed by atoms with van der Waals surface area (Å²) in [5.74, 6) is 0.229. The molecule has 0 aliphatic rings. The van der Waals surface area contributed by atoms with E-state index in [0.29, 0.717) is 24.8 Å². The predicted octanol–water partition coefficient (Wildman–Crippen LogP) is 2.34. The smallest absolute Gasteiger partial charge is 0.356 e. The molecule has 0 atom stereocenters. The monoisotopic (exact) mass is 266 g/mol. The van der Waals surface area contributed by atoms with Gasteiger partial charge in [0.25, 0.3) is 0 Å². The molecule has 0 amide bonds. The zero-order valence-corrected chi connectivity index (χ0v) is 11.8. The van der Waals surface area contributed by atoms with Gasteiger partial charge < -0.3 is 14.8 Å². The average Bonchev–Trinajstić information content (AvgIpc) is 2.41. The molecule has 1 heterocycles. The van der Waals surface area contributed by atoms with E-state index in [-0.39, 0.29) is 0 Å². The number of hydrogen-bond acceptors (Lipinski definition) is 5. The summed E-state index contributed by atoms with van der Waals surface area (Å²) in [6, 6.07) is 3.47. The molecule has 1 aromatic heterocycles. The van der Waals surface area contributed by atoms with Gasteiger partial charge in [0.05, 0.1) is 13.7 Å². The molecule has 106 valence electrons. The van der Waals surface area contributed by atoms with Crippen molar-refractivity contribution in [3.8, 4) is 0 Å². The summed E-state index contributed by atoms with van der Waals surface area (Å²) in [5.41, 5.74) is 1.14. The van der Waals surface area contributed by atoms with E-state index in [1.165, 1.54) is 7.11 Å². The number of nitrogens with one attached hydrogen (secondary N) is 1. The maximum absolute atomic E-state index is 11.3. The van der Waals surface area contributed by atoms with E-state index >= 15 is 0 Å². The fraction of sp³-hybridized carbons (Fsp3) is 0.571. The first-order valence-electron chi connectivity index (χ1n) is 6.49. The second kappa shape index (κ2) is 8.48. The van der Waals surface area contributed by atoms with E-state index < -0.39 is 5.97 Å². The SMILES string of the molecule is COC(=O)c1cc(NCCOCCC(C)C)ccn1. The number of ether oxygens (including phenoxy) is 2. The van der Waals surface area contributed by atoms with Crippen LogP contribution in [-0.2, 0) is 9.47 Å². The van der Waals surface area contributed by atoms with Crippen LogP contribution in [0.4, 0.5) is 5.69 Å². The summed E-state index contributed by atoms with van der Waals surface area (Å²) in [6.45, 7) is 6.47. The summed E-state index contributed by atoms with van der Waals surface area (Å²) in [5, 5.41) is 3.18. The molecule has 5 heteroatoms. The Morgan fingerprint density at radius 3 is 2.89 bits per heavy atom. The number of methoxy groups -OCH3 is 1. The fourth-order valence-corrected chi connectivity index (χ4v) is 1.45. The zero-order valence-electron chi connectivity index (χ0n) is 11.8. The highest BCUT2D eigenvalue weighted by Crippen LogP contribution is 2.08. The second-order valence-electron chi connectivity index (χ2n) is 4.64. The quantitative estimate of drug-likeness (QED) is 0.578. The van der Waals surface area contributed by atoms with Gasteiger partial charge in [0, 0.05) is 25.0 Å². The van der Waals surface area contributed by atoms with Crippen molar-refractivity contribution in [3.63, 3.8) is 0 Å². The van der Waals surface area contributed by atoms with Crippen molar-refractivity contribution in [3.05, 3.63) is 24.0 Å². The molecular weight excluding hydrogens is 244 g/mol. The van der Waals surface area contributed by atoms with Crippen molar-refractivity contribution in [2.75, 3.05) is 32.2 Å². The summed E-state index contributed by atoms with van der Waals surface area (Å²) >= 11 is 0. The van der Waals surface area contributed by atoms with Crippen molar-refractivity contribution in [1.29, 1.82) is 0 Å². The fourth-order valence-electron chi connectivity index (χ4n) is 1.45.